The summed E-state index contributed by atoms with van der Waals surface area (Å²) in [4.78, 5) is 27.6. The monoisotopic (exact) mass is 382 g/mol. The van der Waals surface area contributed by atoms with Crippen LogP contribution in [0, 0.1) is 5.41 Å². The highest BCUT2D eigenvalue weighted by Gasteiger charge is 2.46. The molecule has 1 aliphatic heterocycles. The van der Waals surface area contributed by atoms with Crippen LogP contribution in [0.5, 0.6) is 0 Å². The van der Waals surface area contributed by atoms with Crippen molar-refractivity contribution in [1.82, 2.24) is 10.2 Å². The molecule has 1 aromatic carbocycles. The number of hydrogen-bond donors (Lipinski definition) is 1. The van der Waals surface area contributed by atoms with Gasteiger partial charge in [-0.25, -0.2) is 0 Å². The van der Waals surface area contributed by atoms with Gasteiger partial charge in [0.15, 0.2) is 0 Å². The molecule has 0 bridgehead atoms. The Balaban J connectivity index is 2.29. The van der Waals surface area contributed by atoms with Crippen molar-refractivity contribution in [2.24, 2.45) is 5.41 Å². The van der Waals surface area contributed by atoms with Gasteiger partial charge in [0.05, 0.1) is 16.0 Å². The first-order valence-corrected chi connectivity index (χ1v) is 10.2. The minimum absolute atomic E-state index is 0.0711. The number of benzene rings is 1. The van der Waals surface area contributed by atoms with E-state index in [0.29, 0.717) is 22.9 Å². The van der Waals surface area contributed by atoms with Crippen LogP contribution in [0.1, 0.15) is 50.9 Å². The minimum atomic E-state index is -0.463. The molecular formula is C19H27ClN2O2S. The van der Waals surface area contributed by atoms with Crippen LogP contribution in [0.4, 0.5) is 0 Å². The second kappa shape index (κ2) is 8.45. The van der Waals surface area contributed by atoms with E-state index in [1.165, 1.54) is 0 Å². The Bertz CT molecular complexity index is 630. The van der Waals surface area contributed by atoms with Crippen molar-refractivity contribution in [2.45, 2.75) is 52.0 Å². The van der Waals surface area contributed by atoms with E-state index < -0.39 is 6.04 Å². The number of nitrogens with zero attached hydrogens (tertiary/aromatic N) is 1. The normalized spacial score (nSPS) is 20.6. The van der Waals surface area contributed by atoms with E-state index in [4.69, 9.17) is 11.6 Å². The number of thioether (sulfide) groups is 1. The Hall–Kier alpha value is -1.20. The zero-order chi connectivity index (χ0) is 18.6. The zero-order valence-corrected chi connectivity index (χ0v) is 16.9. The average molecular weight is 383 g/mol. The molecule has 2 atom stereocenters. The van der Waals surface area contributed by atoms with Crippen LogP contribution in [0.2, 0.25) is 5.02 Å². The zero-order valence-electron chi connectivity index (χ0n) is 15.3. The van der Waals surface area contributed by atoms with Crippen molar-refractivity contribution >= 4 is 35.2 Å². The first-order chi connectivity index (χ1) is 11.8. The Morgan fingerprint density at radius 2 is 2.00 bits per heavy atom. The molecule has 2 rings (SSSR count). The third-order valence-electron chi connectivity index (χ3n) is 4.21. The number of halogens is 1. The van der Waals surface area contributed by atoms with Gasteiger partial charge < -0.3 is 10.2 Å². The van der Waals surface area contributed by atoms with Crippen molar-refractivity contribution in [1.29, 1.82) is 0 Å². The summed E-state index contributed by atoms with van der Waals surface area (Å²) >= 11 is 7.90. The van der Waals surface area contributed by atoms with Gasteiger partial charge in [0.2, 0.25) is 5.91 Å². The van der Waals surface area contributed by atoms with Crippen LogP contribution in [0.3, 0.4) is 0 Å². The molecule has 6 heteroatoms. The topological polar surface area (TPSA) is 49.4 Å². The maximum Gasteiger partial charge on any atom is 0.256 e. The van der Waals surface area contributed by atoms with E-state index in [1.807, 2.05) is 0 Å². The van der Waals surface area contributed by atoms with Gasteiger partial charge in [0, 0.05) is 12.3 Å². The number of carbonyl (C=O) groups excluding carboxylic acids is 2. The van der Waals surface area contributed by atoms with Gasteiger partial charge in [-0.05, 0) is 24.0 Å². The smallest absolute Gasteiger partial charge is 0.256 e. The molecule has 1 saturated heterocycles. The molecule has 2 unspecified atom stereocenters. The van der Waals surface area contributed by atoms with Crippen LogP contribution < -0.4 is 5.32 Å². The average Bonchev–Trinajstić information content (AvgIpc) is 3.00. The van der Waals surface area contributed by atoms with Crippen molar-refractivity contribution in [3.8, 4) is 0 Å². The quantitative estimate of drug-likeness (QED) is 0.777. The summed E-state index contributed by atoms with van der Waals surface area (Å²) in [6, 6.07) is 6.56. The number of amides is 2. The van der Waals surface area contributed by atoms with Crippen molar-refractivity contribution in [2.75, 3.05) is 12.3 Å². The Kier molecular flexibility index (Phi) is 6.80. The fraction of sp³-hybridized carbons (Fsp3) is 0.579. The predicted octanol–water partition coefficient (Wildman–Crippen LogP) is 4.19. The van der Waals surface area contributed by atoms with Gasteiger partial charge >= 0.3 is 0 Å². The fourth-order valence-corrected chi connectivity index (χ4v) is 4.70. The van der Waals surface area contributed by atoms with E-state index in [1.54, 1.807) is 40.9 Å². The third kappa shape index (κ3) is 4.70. The highest BCUT2D eigenvalue weighted by molar-refractivity contribution is 8.00. The fourth-order valence-electron chi connectivity index (χ4n) is 2.90. The molecule has 0 aliphatic carbocycles. The van der Waals surface area contributed by atoms with E-state index >= 15 is 0 Å². The molecule has 2 amide bonds. The van der Waals surface area contributed by atoms with E-state index in [0.717, 1.165) is 12.8 Å². The molecule has 1 aromatic rings. The van der Waals surface area contributed by atoms with Gasteiger partial charge in [-0.3, -0.25) is 9.59 Å². The Morgan fingerprint density at radius 3 is 2.60 bits per heavy atom. The summed E-state index contributed by atoms with van der Waals surface area (Å²) in [6.07, 6.45) is 1.96. The number of nitrogens with one attached hydrogen (secondary N) is 1. The van der Waals surface area contributed by atoms with Crippen molar-refractivity contribution < 1.29 is 9.59 Å². The summed E-state index contributed by atoms with van der Waals surface area (Å²) in [5.41, 5.74) is 0.312. The van der Waals surface area contributed by atoms with Crippen LogP contribution >= 0.6 is 23.4 Å². The summed E-state index contributed by atoms with van der Waals surface area (Å²) in [5, 5.41) is 3.32. The van der Waals surface area contributed by atoms with Gasteiger partial charge in [-0.2, -0.15) is 0 Å². The molecule has 1 aliphatic rings. The molecule has 138 valence electrons. The number of rotatable bonds is 5. The summed E-state index contributed by atoms with van der Waals surface area (Å²) in [6.45, 7) is 9.00. The van der Waals surface area contributed by atoms with Crippen molar-refractivity contribution in [3.63, 3.8) is 0 Å². The summed E-state index contributed by atoms with van der Waals surface area (Å²) in [7, 11) is 0. The van der Waals surface area contributed by atoms with Crippen molar-refractivity contribution in [3.05, 3.63) is 34.9 Å². The molecular weight excluding hydrogens is 356 g/mol. The number of hydrogen-bond acceptors (Lipinski definition) is 3. The molecule has 0 aromatic heterocycles. The van der Waals surface area contributed by atoms with Gasteiger partial charge in [0.25, 0.3) is 5.91 Å². The minimum Gasteiger partial charge on any atom is -0.354 e. The maximum atomic E-state index is 13.2. The third-order valence-corrected chi connectivity index (χ3v) is 6.30. The van der Waals surface area contributed by atoms with Crippen LogP contribution in [-0.4, -0.2) is 40.4 Å². The molecule has 0 saturated carbocycles. The van der Waals surface area contributed by atoms with E-state index in [2.05, 4.69) is 33.0 Å². The predicted molar refractivity (Wildman–Crippen MR) is 105 cm³/mol. The first-order valence-electron chi connectivity index (χ1n) is 8.74. The largest absolute Gasteiger partial charge is 0.354 e. The van der Waals surface area contributed by atoms with Gasteiger partial charge in [-0.1, -0.05) is 57.8 Å². The lowest BCUT2D eigenvalue weighted by atomic mass is 9.94. The highest BCUT2D eigenvalue weighted by atomic mass is 35.5. The second-order valence-electron chi connectivity index (χ2n) is 7.40. The lowest BCUT2D eigenvalue weighted by molar-refractivity contribution is -0.125. The molecule has 25 heavy (non-hydrogen) atoms. The van der Waals surface area contributed by atoms with Gasteiger partial charge in [-0.15, -0.1) is 11.8 Å². The van der Waals surface area contributed by atoms with Crippen LogP contribution in [0.25, 0.3) is 0 Å². The molecule has 4 nitrogen and oxygen atoms in total. The van der Waals surface area contributed by atoms with Gasteiger partial charge in [0.1, 0.15) is 6.04 Å². The Morgan fingerprint density at radius 1 is 1.32 bits per heavy atom. The second-order valence-corrected chi connectivity index (χ2v) is 8.92. The number of carbonyl (C=O) groups is 2. The number of unbranched alkanes of at least 4 members (excludes halogenated alkanes) is 1. The van der Waals surface area contributed by atoms with Crippen LogP contribution in [-0.2, 0) is 4.79 Å². The highest BCUT2D eigenvalue weighted by Crippen LogP contribution is 2.41. The van der Waals surface area contributed by atoms with E-state index in [9.17, 15) is 9.59 Å². The van der Waals surface area contributed by atoms with E-state index in [-0.39, 0.29) is 22.6 Å². The lowest BCUT2D eigenvalue weighted by Crippen LogP contribution is -2.52. The van der Waals surface area contributed by atoms with Crippen LogP contribution in [0.15, 0.2) is 24.3 Å². The summed E-state index contributed by atoms with van der Waals surface area (Å²) in [5.74, 6) is 0.357. The molecule has 1 fully saturated rings. The standard InChI is InChI=1S/C19H27ClN2O2S/c1-5-6-11-21-16(23)15-12-25-18(19(2,3)4)22(15)17(24)13-9-7-8-10-14(13)20/h7-10,15,18H,5-6,11-12H2,1-4H3,(H,21,23). The SMILES string of the molecule is CCCCNC(=O)C1CSC(C(C)(C)C)N1C(=O)c1ccccc1Cl. The molecule has 1 heterocycles. The molecule has 0 spiro atoms. The lowest BCUT2D eigenvalue weighted by Gasteiger charge is -2.36. The molecule has 1 N–H and O–H groups in total. The first kappa shape index (κ1) is 20.1. The molecule has 0 radical (unpaired) electrons. The summed E-state index contributed by atoms with van der Waals surface area (Å²) < 4.78 is 0. The maximum absolute atomic E-state index is 13.2. The Labute approximate surface area is 159 Å².